The van der Waals surface area contributed by atoms with Crippen LogP contribution in [-0.4, -0.2) is 72.7 Å². The van der Waals surface area contributed by atoms with E-state index >= 15 is 0 Å². The maximum absolute atomic E-state index is 11.9. The second kappa shape index (κ2) is 10.8. The predicted molar refractivity (Wildman–Crippen MR) is 106 cm³/mol. The lowest BCUT2D eigenvalue weighted by Gasteiger charge is -2.43. The van der Waals surface area contributed by atoms with Gasteiger partial charge in [-0.15, -0.1) is 0 Å². The van der Waals surface area contributed by atoms with Crippen LogP contribution in [0, 0.1) is 5.92 Å². The lowest BCUT2D eigenvalue weighted by Crippen LogP contribution is -2.61. The molecule has 1 aliphatic heterocycles. The van der Waals surface area contributed by atoms with Gasteiger partial charge in [0.25, 0.3) is 0 Å². The Morgan fingerprint density at radius 2 is 1.56 bits per heavy atom. The number of carbonyl (C=O) groups is 5. The molecular weight excluding hydrogens is 428 g/mol. The minimum atomic E-state index is -1.40. The fourth-order valence-corrected chi connectivity index (χ4v) is 3.41. The average molecular weight is 454 g/mol. The Bertz CT molecular complexity index is 836. The smallest absolute Gasteiger partial charge is 0.305 e. The number of esters is 4. The topological polar surface area (TPSA) is 170 Å². The van der Waals surface area contributed by atoms with E-state index in [9.17, 15) is 24.0 Å². The van der Waals surface area contributed by atoms with Gasteiger partial charge in [0, 0.05) is 33.4 Å². The summed E-state index contributed by atoms with van der Waals surface area (Å²) in [6.07, 6.45) is -1.51. The minimum absolute atomic E-state index is 0.264. The van der Waals surface area contributed by atoms with Crippen molar-refractivity contribution in [1.29, 1.82) is 0 Å². The molecule has 0 aromatic heterocycles. The molecule has 0 aromatic rings. The molecule has 1 fully saturated rings. The number of nitrogens with two attached hydrogens (primary N) is 1. The highest BCUT2D eigenvalue weighted by molar-refractivity contribution is 6.11. The Morgan fingerprint density at radius 3 is 2.09 bits per heavy atom. The normalized spacial score (nSPS) is 30.4. The van der Waals surface area contributed by atoms with E-state index in [-0.39, 0.29) is 12.3 Å². The van der Waals surface area contributed by atoms with Gasteiger partial charge in [0.05, 0.1) is 5.92 Å². The maximum Gasteiger partial charge on any atom is 0.305 e. The molecule has 12 nitrogen and oxygen atoms in total. The SMILES string of the molecule is CC(=O)OC[C@H]1O[C@@H](OC(C)=O)[C@H](N=C2C=CCC2C(N)=O)[C@@H](OC(C)=O)[C@@H]1OC(C)=O. The zero-order valence-corrected chi connectivity index (χ0v) is 18.1. The predicted octanol–water partition coefficient (Wildman–Crippen LogP) is -0.428. The lowest BCUT2D eigenvalue weighted by molar-refractivity contribution is -0.266. The van der Waals surface area contributed by atoms with Crippen molar-refractivity contribution in [2.75, 3.05) is 6.61 Å². The molecule has 2 rings (SSSR count). The van der Waals surface area contributed by atoms with E-state index in [2.05, 4.69) is 4.99 Å². The average Bonchev–Trinajstić information content (AvgIpc) is 3.12. The number of nitrogens with zero attached hydrogens (tertiary/aromatic N) is 1. The van der Waals surface area contributed by atoms with Crippen molar-refractivity contribution in [2.45, 2.75) is 64.8 Å². The summed E-state index contributed by atoms with van der Waals surface area (Å²) in [5.74, 6) is -4.18. The van der Waals surface area contributed by atoms with Crippen LogP contribution < -0.4 is 5.73 Å². The van der Waals surface area contributed by atoms with Gasteiger partial charge in [-0.05, 0) is 12.5 Å². The molecule has 1 amide bonds. The van der Waals surface area contributed by atoms with Crippen molar-refractivity contribution in [3.63, 3.8) is 0 Å². The highest BCUT2D eigenvalue weighted by Gasteiger charge is 2.52. The van der Waals surface area contributed by atoms with E-state index in [1.165, 1.54) is 6.92 Å². The molecule has 0 radical (unpaired) electrons. The Morgan fingerprint density at radius 1 is 0.969 bits per heavy atom. The number of primary amides is 1. The molecule has 6 atom stereocenters. The summed E-state index contributed by atoms with van der Waals surface area (Å²) in [4.78, 5) is 62.8. The first-order chi connectivity index (χ1) is 15.0. The zero-order valence-electron chi connectivity index (χ0n) is 18.1. The third-order valence-corrected chi connectivity index (χ3v) is 4.61. The molecule has 0 aromatic carbocycles. The second-order valence-electron chi connectivity index (χ2n) is 7.24. The maximum atomic E-state index is 11.9. The van der Waals surface area contributed by atoms with Crippen LogP contribution in [0.5, 0.6) is 0 Å². The van der Waals surface area contributed by atoms with E-state index < -0.39 is 66.3 Å². The van der Waals surface area contributed by atoms with Crippen molar-refractivity contribution in [3.8, 4) is 0 Å². The van der Waals surface area contributed by atoms with E-state index in [1.54, 1.807) is 12.2 Å². The Labute approximate surface area is 184 Å². The summed E-state index contributed by atoms with van der Waals surface area (Å²) in [6.45, 7) is 4.19. The van der Waals surface area contributed by atoms with Crippen LogP contribution in [0.2, 0.25) is 0 Å². The van der Waals surface area contributed by atoms with E-state index in [1.807, 2.05) is 0 Å². The zero-order chi connectivity index (χ0) is 24.0. The van der Waals surface area contributed by atoms with Crippen LogP contribution in [0.1, 0.15) is 34.1 Å². The van der Waals surface area contributed by atoms with Crippen LogP contribution in [0.3, 0.4) is 0 Å². The summed E-state index contributed by atoms with van der Waals surface area (Å²) in [5, 5.41) is 0. The number of ether oxygens (including phenoxy) is 5. The standard InChI is InChI=1S/C20H26N2O10/c1-9(23)28-8-15-17(29-10(2)24)18(30-11(3)25)16(20(32-15)31-12(4)26)22-14-7-5-6-13(14)19(21)27/h5,7,13,15-18,20H,6,8H2,1-4H3,(H2,21,27)/t13?,15-,16-,17-,18-,20-/m1/s1. The van der Waals surface area contributed by atoms with Crippen LogP contribution in [-0.2, 0) is 47.7 Å². The van der Waals surface area contributed by atoms with Gasteiger partial charge >= 0.3 is 23.9 Å². The molecule has 1 saturated heterocycles. The quantitative estimate of drug-likeness (QED) is 0.393. The molecule has 0 spiro atoms. The summed E-state index contributed by atoms with van der Waals surface area (Å²) in [7, 11) is 0. The molecule has 1 unspecified atom stereocenters. The van der Waals surface area contributed by atoms with Crippen molar-refractivity contribution < 1.29 is 47.7 Å². The lowest BCUT2D eigenvalue weighted by atomic mass is 9.95. The van der Waals surface area contributed by atoms with Crippen LogP contribution >= 0.6 is 0 Å². The summed E-state index contributed by atoms with van der Waals surface area (Å²) in [6, 6.07) is -1.21. The molecule has 1 aliphatic carbocycles. The minimum Gasteiger partial charge on any atom is -0.463 e. The van der Waals surface area contributed by atoms with Crippen LogP contribution in [0.15, 0.2) is 17.1 Å². The van der Waals surface area contributed by atoms with Gasteiger partial charge in [0.15, 0.2) is 18.2 Å². The third-order valence-electron chi connectivity index (χ3n) is 4.61. The van der Waals surface area contributed by atoms with Crippen LogP contribution in [0.4, 0.5) is 0 Å². The van der Waals surface area contributed by atoms with Crippen LogP contribution in [0.25, 0.3) is 0 Å². The molecule has 2 aliphatic rings. The Balaban J connectivity index is 2.53. The highest BCUT2D eigenvalue weighted by Crippen LogP contribution is 2.31. The monoisotopic (exact) mass is 454 g/mol. The number of hydrogen-bond acceptors (Lipinski definition) is 11. The summed E-state index contributed by atoms with van der Waals surface area (Å²) < 4.78 is 26.7. The van der Waals surface area contributed by atoms with Gasteiger partial charge in [0.2, 0.25) is 12.2 Å². The molecule has 12 heteroatoms. The number of rotatable bonds is 7. The first-order valence-corrected chi connectivity index (χ1v) is 9.83. The molecule has 176 valence electrons. The third kappa shape index (κ3) is 6.61. The van der Waals surface area contributed by atoms with Gasteiger partial charge in [-0.25, -0.2) is 0 Å². The molecule has 0 bridgehead atoms. The van der Waals surface area contributed by atoms with Crippen molar-refractivity contribution in [3.05, 3.63) is 12.2 Å². The van der Waals surface area contributed by atoms with Crippen molar-refractivity contribution in [1.82, 2.24) is 0 Å². The van der Waals surface area contributed by atoms with Gasteiger partial charge in [-0.3, -0.25) is 29.0 Å². The molecule has 2 N–H and O–H groups in total. The number of allylic oxidation sites excluding steroid dienone is 2. The molecular formula is C20H26N2O10. The number of carbonyl (C=O) groups excluding carboxylic acids is 5. The highest BCUT2D eigenvalue weighted by atomic mass is 16.7. The van der Waals surface area contributed by atoms with Gasteiger partial charge in [0.1, 0.15) is 12.7 Å². The number of amides is 1. The van der Waals surface area contributed by atoms with Gasteiger partial charge < -0.3 is 29.4 Å². The fraction of sp³-hybridized carbons (Fsp3) is 0.600. The fourth-order valence-electron chi connectivity index (χ4n) is 3.41. The van der Waals surface area contributed by atoms with E-state index in [0.29, 0.717) is 6.42 Å². The number of aliphatic imine (C=N–C) groups is 1. The van der Waals surface area contributed by atoms with E-state index in [0.717, 1.165) is 20.8 Å². The van der Waals surface area contributed by atoms with Crippen molar-refractivity contribution >= 4 is 35.5 Å². The first kappa shape index (κ1) is 25.0. The Hall–Kier alpha value is -3.28. The van der Waals surface area contributed by atoms with Gasteiger partial charge in [-0.1, -0.05) is 6.08 Å². The second-order valence-corrected chi connectivity index (χ2v) is 7.24. The van der Waals surface area contributed by atoms with Crippen molar-refractivity contribution in [2.24, 2.45) is 16.6 Å². The number of hydrogen-bond donors (Lipinski definition) is 1. The molecule has 0 saturated carbocycles. The largest absolute Gasteiger partial charge is 0.463 e. The summed E-state index contributed by atoms with van der Waals surface area (Å²) in [5.41, 5.74) is 5.69. The Kier molecular flexibility index (Phi) is 8.47. The molecule has 1 heterocycles. The summed E-state index contributed by atoms with van der Waals surface area (Å²) >= 11 is 0. The first-order valence-electron chi connectivity index (χ1n) is 9.83. The molecule has 32 heavy (non-hydrogen) atoms. The van der Waals surface area contributed by atoms with Gasteiger partial charge in [-0.2, -0.15) is 0 Å². The van der Waals surface area contributed by atoms with E-state index in [4.69, 9.17) is 29.4 Å².